The molecule has 5 heteroatoms. The maximum absolute atomic E-state index is 4.65. The summed E-state index contributed by atoms with van der Waals surface area (Å²) in [5.41, 5.74) is 1.39. The van der Waals surface area contributed by atoms with E-state index in [2.05, 4.69) is 52.8 Å². The van der Waals surface area contributed by atoms with Gasteiger partial charge in [0.25, 0.3) is 0 Å². The average molecular weight is 277 g/mol. The third-order valence-corrected chi connectivity index (χ3v) is 4.00. The van der Waals surface area contributed by atoms with Gasteiger partial charge in [-0.3, -0.25) is 4.90 Å². The molecule has 0 amide bonds. The SMILES string of the molecule is CNc1nc(C)nc(N2CCN(C(C)(C)C)CC2)c1C. The molecule has 1 aromatic heterocycles. The first-order valence-electron chi connectivity index (χ1n) is 7.36. The van der Waals surface area contributed by atoms with Gasteiger partial charge in [0.05, 0.1) is 0 Å². The Morgan fingerprint density at radius 2 is 1.60 bits per heavy atom. The minimum Gasteiger partial charge on any atom is -0.373 e. The summed E-state index contributed by atoms with van der Waals surface area (Å²) in [6, 6.07) is 0. The van der Waals surface area contributed by atoms with Crippen molar-refractivity contribution in [3.8, 4) is 0 Å². The van der Waals surface area contributed by atoms with Crippen molar-refractivity contribution < 1.29 is 0 Å². The monoisotopic (exact) mass is 277 g/mol. The van der Waals surface area contributed by atoms with Crippen molar-refractivity contribution in [2.45, 2.75) is 40.2 Å². The van der Waals surface area contributed by atoms with Crippen molar-refractivity contribution >= 4 is 11.6 Å². The number of rotatable bonds is 2. The molecular weight excluding hydrogens is 250 g/mol. The lowest BCUT2D eigenvalue weighted by molar-refractivity contribution is 0.128. The van der Waals surface area contributed by atoms with Crippen LogP contribution in [0.25, 0.3) is 0 Å². The zero-order valence-corrected chi connectivity index (χ0v) is 13.6. The summed E-state index contributed by atoms with van der Waals surface area (Å²) in [6.07, 6.45) is 0. The molecule has 1 N–H and O–H groups in total. The van der Waals surface area contributed by atoms with E-state index in [9.17, 15) is 0 Å². The molecule has 0 saturated carbocycles. The number of aromatic nitrogens is 2. The van der Waals surface area contributed by atoms with Crippen LogP contribution in [0.5, 0.6) is 0 Å². The molecule has 0 atom stereocenters. The van der Waals surface area contributed by atoms with Gasteiger partial charge in [0.2, 0.25) is 0 Å². The van der Waals surface area contributed by atoms with Crippen molar-refractivity contribution in [2.75, 3.05) is 43.4 Å². The summed E-state index contributed by atoms with van der Waals surface area (Å²) >= 11 is 0. The summed E-state index contributed by atoms with van der Waals surface area (Å²) < 4.78 is 0. The maximum Gasteiger partial charge on any atom is 0.137 e. The Morgan fingerprint density at radius 1 is 1.00 bits per heavy atom. The number of anilines is 2. The number of aryl methyl sites for hydroxylation is 1. The lowest BCUT2D eigenvalue weighted by atomic mass is 10.0. The smallest absolute Gasteiger partial charge is 0.137 e. The average Bonchev–Trinajstić information content (AvgIpc) is 2.40. The standard InChI is InChI=1S/C15H27N5/c1-11-13(16-6)17-12(2)18-14(11)19-7-9-20(10-8-19)15(3,4)5/h7-10H2,1-6H3,(H,16,17,18). The molecule has 20 heavy (non-hydrogen) atoms. The summed E-state index contributed by atoms with van der Waals surface area (Å²) in [6.45, 7) is 15.1. The van der Waals surface area contributed by atoms with Crippen LogP contribution in [0.4, 0.5) is 11.6 Å². The first-order valence-corrected chi connectivity index (χ1v) is 7.36. The summed E-state index contributed by atoms with van der Waals surface area (Å²) in [4.78, 5) is 14.0. The minimum atomic E-state index is 0.249. The van der Waals surface area contributed by atoms with Gasteiger partial charge in [-0.1, -0.05) is 0 Å². The van der Waals surface area contributed by atoms with E-state index in [1.807, 2.05) is 14.0 Å². The van der Waals surface area contributed by atoms with Gasteiger partial charge in [-0.15, -0.1) is 0 Å². The van der Waals surface area contributed by atoms with E-state index in [1.165, 1.54) is 0 Å². The lowest BCUT2D eigenvalue weighted by Crippen LogP contribution is -2.53. The summed E-state index contributed by atoms with van der Waals surface area (Å²) in [5, 5.41) is 3.16. The molecule has 5 nitrogen and oxygen atoms in total. The first-order chi connectivity index (χ1) is 9.32. The molecule has 0 bridgehead atoms. The van der Waals surface area contributed by atoms with E-state index >= 15 is 0 Å². The Hall–Kier alpha value is -1.36. The number of piperazine rings is 1. The zero-order chi connectivity index (χ0) is 14.9. The largest absolute Gasteiger partial charge is 0.373 e. The highest BCUT2D eigenvalue weighted by molar-refractivity contribution is 5.58. The first kappa shape index (κ1) is 15.0. The predicted molar refractivity (Wildman–Crippen MR) is 84.6 cm³/mol. The highest BCUT2D eigenvalue weighted by Crippen LogP contribution is 2.25. The van der Waals surface area contributed by atoms with E-state index in [0.29, 0.717) is 0 Å². The van der Waals surface area contributed by atoms with Crippen LogP contribution in [0.1, 0.15) is 32.2 Å². The van der Waals surface area contributed by atoms with E-state index in [-0.39, 0.29) is 5.54 Å². The van der Waals surface area contributed by atoms with Crippen molar-refractivity contribution in [1.82, 2.24) is 14.9 Å². The molecule has 1 fully saturated rings. The fraction of sp³-hybridized carbons (Fsp3) is 0.733. The molecule has 2 heterocycles. The van der Waals surface area contributed by atoms with Crippen LogP contribution in [-0.4, -0.2) is 53.6 Å². The molecule has 0 radical (unpaired) electrons. The van der Waals surface area contributed by atoms with Crippen LogP contribution in [0.15, 0.2) is 0 Å². The molecular formula is C15H27N5. The van der Waals surface area contributed by atoms with Crippen molar-refractivity contribution in [2.24, 2.45) is 0 Å². The van der Waals surface area contributed by atoms with E-state index in [1.54, 1.807) is 0 Å². The van der Waals surface area contributed by atoms with Crippen LogP contribution < -0.4 is 10.2 Å². The van der Waals surface area contributed by atoms with Crippen molar-refractivity contribution in [3.05, 3.63) is 11.4 Å². The highest BCUT2D eigenvalue weighted by atomic mass is 15.3. The van der Waals surface area contributed by atoms with Gasteiger partial charge >= 0.3 is 0 Å². The van der Waals surface area contributed by atoms with Gasteiger partial charge in [0.1, 0.15) is 17.5 Å². The second-order valence-corrected chi connectivity index (χ2v) is 6.46. The molecule has 112 valence electrons. The Bertz CT molecular complexity index is 470. The third-order valence-electron chi connectivity index (χ3n) is 4.00. The number of nitrogens with zero attached hydrogens (tertiary/aromatic N) is 4. The van der Waals surface area contributed by atoms with Crippen LogP contribution in [0.3, 0.4) is 0 Å². The van der Waals surface area contributed by atoms with Crippen LogP contribution in [0.2, 0.25) is 0 Å². The summed E-state index contributed by atoms with van der Waals surface area (Å²) in [5.74, 6) is 2.84. The second-order valence-electron chi connectivity index (χ2n) is 6.46. The molecule has 0 unspecified atom stereocenters. The molecule has 1 aliphatic heterocycles. The van der Waals surface area contributed by atoms with Crippen molar-refractivity contribution in [1.29, 1.82) is 0 Å². The van der Waals surface area contributed by atoms with Gasteiger partial charge in [-0.05, 0) is 34.6 Å². The summed E-state index contributed by atoms with van der Waals surface area (Å²) in [7, 11) is 1.91. The predicted octanol–water partition coefficient (Wildman–Crippen LogP) is 2.06. The van der Waals surface area contributed by atoms with Gasteiger partial charge in [-0.2, -0.15) is 0 Å². The molecule has 1 aromatic rings. The second kappa shape index (κ2) is 5.56. The maximum atomic E-state index is 4.65. The Kier molecular flexibility index (Phi) is 4.18. The lowest BCUT2D eigenvalue weighted by Gasteiger charge is -2.43. The van der Waals surface area contributed by atoms with Crippen LogP contribution >= 0.6 is 0 Å². The van der Waals surface area contributed by atoms with Gasteiger partial charge in [0, 0.05) is 44.3 Å². The highest BCUT2D eigenvalue weighted by Gasteiger charge is 2.27. The normalized spacial score (nSPS) is 17.4. The molecule has 0 aliphatic carbocycles. The fourth-order valence-electron chi connectivity index (χ4n) is 2.75. The third kappa shape index (κ3) is 3.03. The Labute approximate surface area is 122 Å². The van der Waals surface area contributed by atoms with E-state index in [0.717, 1.165) is 49.2 Å². The number of hydrogen-bond donors (Lipinski definition) is 1. The van der Waals surface area contributed by atoms with Gasteiger partial charge in [-0.25, -0.2) is 9.97 Å². The molecule has 2 rings (SSSR count). The number of hydrogen-bond acceptors (Lipinski definition) is 5. The zero-order valence-electron chi connectivity index (χ0n) is 13.6. The van der Waals surface area contributed by atoms with Crippen molar-refractivity contribution in [3.63, 3.8) is 0 Å². The Morgan fingerprint density at radius 3 is 2.10 bits per heavy atom. The molecule has 0 spiro atoms. The van der Waals surface area contributed by atoms with E-state index in [4.69, 9.17) is 0 Å². The van der Waals surface area contributed by atoms with Crippen LogP contribution in [-0.2, 0) is 0 Å². The van der Waals surface area contributed by atoms with Gasteiger partial charge in [0.15, 0.2) is 0 Å². The molecule has 1 aliphatic rings. The topological polar surface area (TPSA) is 44.3 Å². The number of nitrogens with one attached hydrogen (secondary N) is 1. The Balaban J connectivity index is 2.17. The molecule has 0 aromatic carbocycles. The quantitative estimate of drug-likeness (QED) is 0.896. The van der Waals surface area contributed by atoms with Crippen LogP contribution in [0, 0.1) is 13.8 Å². The van der Waals surface area contributed by atoms with Gasteiger partial charge < -0.3 is 10.2 Å². The molecule has 1 saturated heterocycles. The minimum absolute atomic E-state index is 0.249. The van der Waals surface area contributed by atoms with E-state index < -0.39 is 0 Å². The fourth-order valence-corrected chi connectivity index (χ4v) is 2.75.